The molecule has 8 heteroatoms. The van der Waals surface area contributed by atoms with Crippen LogP contribution in [0.15, 0.2) is 16.6 Å². The first-order valence-electron chi connectivity index (χ1n) is 5.99. The van der Waals surface area contributed by atoms with E-state index in [1.54, 1.807) is 6.07 Å². The smallest absolute Gasteiger partial charge is 0.465 e. The molecule has 1 aliphatic heterocycles. The molecule has 0 atom stereocenters. The van der Waals surface area contributed by atoms with Crippen molar-refractivity contribution in [2.75, 3.05) is 13.7 Å². The third-order valence-corrected chi connectivity index (χ3v) is 3.70. The van der Waals surface area contributed by atoms with Crippen LogP contribution in [-0.2, 0) is 22.5 Å². The van der Waals surface area contributed by atoms with Gasteiger partial charge in [0, 0.05) is 17.6 Å². The first-order valence-corrected chi connectivity index (χ1v) is 6.79. The molecule has 1 amide bonds. The predicted molar refractivity (Wildman–Crippen MR) is 70.7 cm³/mol. The molecule has 0 radical (unpaired) electrons. The Balaban J connectivity index is 2.39. The van der Waals surface area contributed by atoms with E-state index >= 15 is 0 Å². The topological polar surface area (TPSA) is 46.6 Å². The minimum absolute atomic E-state index is 0.0393. The molecule has 0 aliphatic carbocycles. The molecule has 0 fully saturated rings. The van der Waals surface area contributed by atoms with Gasteiger partial charge in [0.15, 0.2) is 0 Å². The third-order valence-electron chi connectivity index (χ3n) is 3.24. The van der Waals surface area contributed by atoms with Crippen molar-refractivity contribution in [2.24, 2.45) is 0 Å². The molecule has 0 saturated carbocycles. The van der Waals surface area contributed by atoms with E-state index < -0.39 is 18.1 Å². The number of halogens is 4. The lowest BCUT2D eigenvalue weighted by Crippen LogP contribution is -2.44. The number of hydrogen-bond donors (Lipinski definition) is 0. The summed E-state index contributed by atoms with van der Waals surface area (Å²) in [7, 11) is 1.19. The number of esters is 1. The Morgan fingerprint density at radius 1 is 1.33 bits per heavy atom. The van der Waals surface area contributed by atoms with Crippen LogP contribution in [0, 0.1) is 0 Å². The fraction of sp³-hybridized carbons (Fsp3) is 0.385. The quantitative estimate of drug-likeness (QED) is 0.718. The van der Waals surface area contributed by atoms with E-state index in [0.717, 1.165) is 5.56 Å². The Labute approximate surface area is 127 Å². The Kier molecular flexibility index (Phi) is 4.27. The standard InChI is InChI=1S/C13H11BrF3NO3/c1-21-11(19)9-5-8(14)4-7-2-3-18(6-10(7)9)12(20)13(15,16)17/h4-5H,2-3,6H2,1H3. The second-order valence-corrected chi connectivity index (χ2v) is 5.47. The highest BCUT2D eigenvalue weighted by Crippen LogP contribution is 2.29. The van der Waals surface area contributed by atoms with Gasteiger partial charge in [-0.15, -0.1) is 0 Å². The van der Waals surface area contributed by atoms with Crippen LogP contribution in [0.4, 0.5) is 13.2 Å². The number of amides is 1. The molecule has 1 aromatic carbocycles. The van der Waals surface area contributed by atoms with Gasteiger partial charge in [-0.05, 0) is 29.7 Å². The zero-order valence-corrected chi connectivity index (χ0v) is 12.5. The molecule has 0 aromatic heterocycles. The molecule has 2 rings (SSSR count). The number of fused-ring (bicyclic) bond motifs is 1. The summed E-state index contributed by atoms with van der Waals surface area (Å²) in [6.45, 7) is -0.298. The lowest BCUT2D eigenvalue weighted by atomic mass is 9.94. The summed E-state index contributed by atoms with van der Waals surface area (Å²) in [6.07, 6.45) is -4.67. The third kappa shape index (κ3) is 3.20. The molecule has 4 nitrogen and oxygen atoms in total. The molecular formula is C13H11BrF3NO3. The fourth-order valence-electron chi connectivity index (χ4n) is 2.27. The van der Waals surface area contributed by atoms with Crippen LogP contribution in [-0.4, -0.2) is 36.6 Å². The predicted octanol–water partition coefficient (Wildman–Crippen LogP) is 2.68. The highest BCUT2D eigenvalue weighted by atomic mass is 79.9. The molecule has 114 valence electrons. The number of rotatable bonds is 1. The van der Waals surface area contributed by atoms with E-state index in [1.807, 2.05) is 0 Å². The minimum Gasteiger partial charge on any atom is -0.465 e. The van der Waals surface area contributed by atoms with E-state index in [2.05, 4.69) is 20.7 Å². The highest BCUT2D eigenvalue weighted by molar-refractivity contribution is 9.10. The highest BCUT2D eigenvalue weighted by Gasteiger charge is 2.43. The van der Waals surface area contributed by atoms with Crippen molar-refractivity contribution in [3.05, 3.63) is 33.3 Å². The lowest BCUT2D eigenvalue weighted by Gasteiger charge is -2.30. The molecule has 0 unspecified atom stereocenters. The number of benzene rings is 1. The monoisotopic (exact) mass is 365 g/mol. The maximum Gasteiger partial charge on any atom is 0.471 e. The second kappa shape index (κ2) is 5.67. The van der Waals surface area contributed by atoms with Crippen LogP contribution in [0.25, 0.3) is 0 Å². The van der Waals surface area contributed by atoms with Gasteiger partial charge in [-0.1, -0.05) is 15.9 Å². The lowest BCUT2D eigenvalue weighted by molar-refractivity contribution is -0.186. The van der Waals surface area contributed by atoms with E-state index in [-0.39, 0.29) is 25.1 Å². The number of carbonyl (C=O) groups is 2. The molecular weight excluding hydrogens is 355 g/mol. The number of alkyl halides is 3. The van der Waals surface area contributed by atoms with Crippen molar-refractivity contribution in [3.8, 4) is 0 Å². The maximum atomic E-state index is 12.5. The van der Waals surface area contributed by atoms with Gasteiger partial charge in [0.1, 0.15) is 0 Å². The van der Waals surface area contributed by atoms with E-state index in [0.29, 0.717) is 14.9 Å². The van der Waals surface area contributed by atoms with Gasteiger partial charge in [0.25, 0.3) is 0 Å². The van der Waals surface area contributed by atoms with Crippen molar-refractivity contribution >= 4 is 27.8 Å². The maximum absolute atomic E-state index is 12.5. The van der Waals surface area contributed by atoms with Gasteiger partial charge < -0.3 is 9.64 Å². The summed E-state index contributed by atoms with van der Waals surface area (Å²) >= 11 is 3.25. The SMILES string of the molecule is COC(=O)c1cc(Br)cc2c1CN(C(=O)C(F)(F)F)CC2. The Hall–Kier alpha value is -1.57. The molecule has 1 heterocycles. The molecule has 0 bridgehead atoms. The zero-order valence-electron chi connectivity index (χ0n) is 11.0. The minimum atomic E-state index is -4.92. The Bertz CT molecular complexity index is 601. The van der Waals surface area contributed by atoms with Crippen LogP contribution in [0.2, 0.25) is 0 Å². The molecule has 0 N–H and O–H groups in total. The fourth-order valence-corrected chi connectivity index (χ4v) is 2.78. The number of carbonyl (C=O) groups excluding carboxylic acids is 2. The van der Waals surface area contributed by atoms with E-state index in [4.69, 9.17) is 0 Å². The van der Waals surface area contributed by atoms with Crippen molar-refractivity contribution < 1.29 is 27.5 Å². The molecule has 21 heavy (non-hydrogen) atoms. The van der Waals surface area contributed by atoms with Gasteiger partial charge in [0.05, 0.1) is 12.7 Å². The second-order valence-electron chi connectivity index (χ2n) is 4.56. The van der Waals surface area contributed by atoms with Crippen LogP contribution in [0.1, 0.15) is 21.5 Å². The summed E-state index contributed by atoms with van der Waals surface area (Å²) in [5.41, 5.74) is 1.30. The molecule has 1 aliphatic rings. The van der Waals surface area contributed by atoms with Crippen molar-refractivity contribution in [2.45, 2.75) is 19.1 Å². The zero-order chi connectivity index (χ0) is 15.8. The average molecular weight is 366 g/mol. The summed E-state index contributed by atoms with van der Waals surface area (Å²) in [5.74, 6) is -2.54. The Morgan fingerprint density at radius 2 is 2.00 bits per heavy atom. The van der Waals surface area contributed by atoms with E-state index in [9.17, 15) is 22.8 Å². The van der Waals surface area contributed by atoms with E-state index in [1.165, 1.54) is 13.2 Å². The summed E-state index contributed by atoms with van der Waals surface area (Å²) in [6, 6.07) is 3.21. The van der Waals surface area contributed by atoms with Crippen molar-refractivity contribution in [1.82, 2.24) is 4.90 Å². The average Bonchev–Trinajstić information content (AvgIpc) is 2.43. The summed E-state index contributed by atoms with van der Waals surface area (Å²) < 4.78 is 42.8. The van der Waals surface area contributed by atoms with Gasteiger partial charge in [-0.25, -0.2) is 4.79 Å². The number of nitrogens with zero attached hydrogens (tertiary/aromatic N) is 1. The van der Waals surface area contributed by atoms with Crippen LogP contribution < -0.4 is 0 Å². The van der Waals surface area contributed by atoms with Gasteiger partial charge in [0.2, 0.25) is 0 Å². The van der Waals surface area contributed by atoms with Gasteiger partial charge in [-0.2, -0.15) is 13.2 Å². The van der Waals surface area contributed by atoms with Crippen molar-refractivity contribution in [1.29, 1.82) is 0 Å². The first kappa shape index (κ1) is 15.8. The number of methoxy groups -OCH3 is 1. The molecule has 1 aromatic rings. The number of ether oxygens (including phenoxy) is 1. The Morgan fingerprint density at radius 3 is 2.57 bits per heavy atom. The normalized spacial score (nSPS) is 14.6. The largest absolute Gasteiger partial charge is 0.471 e. The van der Waals surface area contributed by atoms with Crippen LogP contribution in [0.5, 0.6) is 0 Å². The molecule has 0 saturated heterocycles. The van der Waals surface area contributed by atoms with Gasteiger partial charge in [-0.3, -0.25) is 4.79 Å². The summed E-state index contributed by atoms with van der Waals surface area (Å²) in [4.78, 5) is 23.8. The van der Waals surface area contributed by atoms with Crippen molar-refractivity contribution in [3.63, 3.8) is 0 Å². The van der Waals surface area contributed by atoms with Gasteiger partial charge >= 0.3 is 18.1 Å². The first-order chi connectivity index (χ1) is 9.74. The van der Waals surface area contributed by atoms with Crippen LogP contribution >= 0.6 is 15.9 Å². The molecule has 0 spiro atoms. The summed E-state index contributed by atoms with van der Waals surface area (Å²) in [5, 5.41) is 0. The number of hydrogen-bond acceptors (Lipinski definition) is 3. The van der Waals surface area contributed by atoms with Crippen LogP contribution in [0.3, 0.4) is 0 Å².